The van der Waals surface area contributed by atoms with Crippen LogP contribution >= 0.6 is 23.2 Å². The van der Waals surface area contributed by atoms with E-state index < -0.39 is 0 Å². The Kier molecular flexibility index (Phi) is 3.78. The first-order valence-corrected chi connectivity index (χ1v) is 7.03. The topological polar surface area (TPSA) is 39.8 Å². The Morgan fingerprint density at radius 3 is 1.90 bits per heavy atom. The minimum absolute atomic E-state index is 0.00907. The summed E-state index contributed by atoms with van der Waals surface area (Å²) in [4.78, 5) is 4.29. The predicted molar refractivity (Wildman–Crippen MR) is 84.1 cm³/mol. The lowest BCUT2D eigenvalue weighted by atomic mass is 10.0. The molecule has 0 spiro atoms. The van der Waals surface area contributed by atoms with Gasteiger partial charge in [0.1, 0.15) is 5.69 Å². The number of hydrogen-bond acceptors (Lipinski definition) is 2. The molecule has 0 saturated carbocycles. The monoisotopic (exact) mass is 316 g/mol. The van der Waals surface area contributed by atoms with Gasteiger partial charge in [-0.15, -0.1) is 4.73 Å². The van der Waals surface area contributed by atoms with E-state index in [2.05, 4.69) is 4.98 Å². The summed E-state index contributed by atoms with van der Waals surface area (Å²) in [5.41, 5.74) is 2.43. The first-order chi connectivity index (χ1) is 10.2. The lowest BCUT2D eigenvalue weighted by molar-refractivity contribution is -0.591. The van der Waals surface area contributed by atoms with Crippen LogP contribution < -0.4 is 4.73 Å². The summed E-state index contributed by atoms with van der Waals surface area (Å²) in [5.74, 6) is 0. The molecule has 3 rings (SSSR count). The number of aromatic nitrogens is 2. The number of benzene rings is 2. The van der Waals surface area contributed by atoms with Crippen LogP contribution in [0.3, 0.4) is 0 Å². The van der Waals surface area contributed by atoms with Crippen molar-refractivity contribution in [1.82, 2.24) is 4.98 Å². The van der Waals surface area contributed by atoms with Crippen molar-refractivity contribution in [2.75, 3.05) is 0 Å². The molecule has 0 bridgehead atoms. The van der Waals surface area contributed by atoms with Crippen molar-refractivity contribution in [1.29, 1.82) is 0 Å². The van der Waals surface area contributed by atoms with E-state index >= 15 is 0 Å². The van der Waals surface area contributed by atoms with Crippen LogP contribution in [0, 0.1) is 5.21 Å². The lowest BCUT2D eigenvalue weighted by Gasteiger charge is -2.11. The smallest absolute Gasteiger partial charge is 0.324 e. The standard InChI is InChI=1S/C16H10Cl2N2O/c17-15-16(18)20(21)14(12-9-5-2-6-10-12)13(19-15)11-7-3-1-4-8-11/h1-10H. The molecule has 0 amide bonds. The largest absolute Gasteiger partial charge is 0.617 e. The highest BCUT2D eigenvalue weighted by atomic mass is 35.5. The van der Waals surface area contributed by atoms with Gasteiger partial charge in [-0.3, -0.25) is 0 Å². The summed E-state index contributed by atoms with van der Waals surface area (Å²) in [7, 11) is 0. The molecule has 0 aliphatic heterocycles. The van der Waals surface area contributed by atoms with Crippen LogP contribution in [-0.4, -0.2) is 4.98 Å². The third-order valence-electron chi connectivity index (χ3n) is 3.08. The van der Waals surface area contributed by atoms with E-state index in [0.29, 0.717) is 16.1 Å². The van der Waals surface area contributed by atoms with Gasteiger partial charge in [0.25, 0.3) is 5.69 Å². The SMILES string of the molecule is [O-][n+]1c(Cl)c(Cl)nc(-c2ccccc2)c1-c1ccccc1. The van der Waals surface area contributed by atoms with Crippen molar-refractivity contribution >= 4 is 23.2 Å². The molecule has 3 nitrogen and oxygen atoms in total. The third-order valence-corrected chi connectivity index (χ3v) is 3.77. The molecule has 0 aliphatic carbocycles. The third kappa shape index (κ3) is 2.58. The zero-order valence-corrected chi connectivity index (χ0v) is 12.3. The molecule has 0 N–H and O–H groups in total. The summed E-state index contributed by atoms with van der Waals surface area (Å²) in [6, 6.07) is 18.7. The fourth-order valence-electron chi connectivity index (χ4n) is 2.12. The molecule has 21 heavy (non-hydrogen) atoms. The van der Waals surface area contributed by atoms with Gasteiger partial charge in [0.05, 0.1) is 0 Å². The highest BCUT2D eigenvalue weighted by molar-refractivity contribution is 6.39. The molecule has 1 aromatic heterocycles. The summed E-state index contributed by atoms with van der Waals surface area (Å²) in [5, 5.41) is 12.3. The van der Waals surface area contributed by atoms with Gasteiger partial charge in [-0.2, -0.15) is 0 Å². The minimum atomic E-state index is -0.129. The van der Waals surface area contributed by atoms with Crippen molar-refractivity contribution in [2.24, 2.45) is 0 Å². The Hall–Kier alpha value is -2.10. The summed E-state index contributed by atoms with van der Waals surface area (Å²) in [6.07, 6.45) is 0. The molecule has 0 aliphatic rings. The number of hydrogen-bond donors (Lipinski definition) is 0. The van der Waals surface area contributed by atoms with E-state index in [-0.39, 0.29) is 10.3 Å². The first-order valence-electron chi connectivity index (χ1n) is 6.28. The van der Waals surface area contributed by atoms with Crippen LogP contribution in [0.1, 0.15) is 0 Å². The van der Waals surface area contributed by atoms with E-state index in [4.69, 9.17) is 23.2 Å². The maximum absolute atomic E-state index is 12.4. The van der Waals surface area contributed by atoms with Crippen LogP contribution in [0.4, 0.5) is 0 Å². The number of rotatable bonds is 2. The van der Waals surface area contributed by atoms with E-state index in [1.807, 2.05) is 60.7 Å². The van der Waals surface area contributed by atoms with Crippen molar-refractivity contribution in [3.63, 3.8) is 0 Å². The predicted octanol–water partition coefficient (Wildman–Crippen LogP) is 4.36. The second kappa shape index (κ2) is 5.72. The molecule has 104 valence electrons. The second-order valence-electron chi connectivity index (χ2n) is 4.42. The molecule has 0 unspecified atom stereocenters. The van der Waals surface area contributed by atoms with Gasteiger partial charge in [-0.25, -0.2) is 4.98 Å². The number of nitrogens with zero attached hydrogens (tertiary/aromatic N) is 2. The summed E-state index contributed by atoms with van der Waals surface area (Å²) >= 11 is 11.9. The van der Waals surface area contributed by atoms with Gasteiger partial charge < -0.3 is 5.21 Å². The summed E-state index contributed by atoms with van der Waals surface area (Å²) < 4.78 is 0.620. The Bertz CT molecular complexity index is 777. The molecule has 0 fully saturated rings. The average molecular weight is 317 g/mol. The van der Waals surface area contributed by atoms with E-state index in [1.54, 1.807) is 0 Å². The first kappa shape index (κ1) is 13.9. The molecule has 1 heterocycles. The van der Waals surface area contributed by atoms with E-state index in [0.717, 1.165) is 11.1 Å². The van der Waals surface area contributed by atoms with Gasteiger partial charge in [0, 0.05) is 11.1 Å². The Morgan fingerprint density at radius 1 is 0.810 bits per heavy atom. The quantitative estimate of drug-likeness (QED) is 0.520. The van der Waals surface area contributed by atoms with E-state index in [9.17, 15) is 5.21 Å². The molecule has 0 atom stereocenters. The van der Waals surface area contributed by atoms with Crippen molar-refractivity contribution < 1.29 is 4.73 Å². The van der Waals surface area contributed by atoms with Crippen LogP contribution in [0.2, 0.25) is 10.3 Å². The molecule has 0 saturated heterocycles. The maximum Gasteiger partial charge on any atom is 0.324 e. The van der Waals surface area contributed by atoms with Gasteiger partial charge >= 0.3 is 5.15 Å². The molecule has 3 aromatic rings. The van der Waals surface area contributed by atoms with Crippen LogP contribution in [0.15, 0.2) is 60.7 Å². The van der Waals surface area contributed by atoms with E-state index in [1.165, 1.54) is 0 Å². The molecular weight excluding hydrogens is 307 g/mol. The second-order valence-corrected chi connectivity index (χ2v) is 5.13. The number of halogens is 2. The normalized spacial score (nSPS) is 10.6. The molecule has 0 radical (unpaired) electrons. The fraction of sp³-hybridized carbons (Fsp3) is 0. The Balaban J connectivity index is 2.34. The highest BCUT2D eigenvalue weighted by Crippen LogP contribution is 2.31. The fourth-order valence-corrected chi connectivity index (χ4v) is 2.41. The van der Waals surface area contributed by atoms with Crippen LogP contribution in [0.25, 0.3) is 22.5 Å². The van der Waals surface area contributed by atoms with Crippen LogP contribution in [0.5, 0.6) is 0 Å². The zero-order valence-electron chi connectivity index (χ0n) is 10.8. The van der Waals surface area contributed by atoms with Gasteiger partial charge in [0.15, 0.2) is 0 Å². The zero-order chi connectivity index (χ0) is 14.8. The Morgan fingerprint density at radius 2 is 1.33 bits per heavy atom. The lowest BCUT2D eigenvalue weighted by Crippen LogP contribution is -2.32. The van der Waals surface area contributed by atoms with Crippen molar-refractivity contribution in [3.8, 4) is 22.5 Å². The van der Waals surface area contributed by atoms with Crippen LogP contribution in [-0.2, 0) is 0 Å². The molecule has 5 heteroatoms. The van der Waals surface area contributed by atoms with Crippen molar-refractivity contribution in [3.05, 3.63) is 76.2 Å². The van der Waals surface area contributed by atoms with Gasteiger partial charge in [-0.1, -0.05) is 60.1 Å². The molecular formula is C16H10Cl2N2O. The average Bonchev–Trinajstić information content (AvgIpc) is 2.54. The van der Waals surface area contributed by atoms with Crippen molar-refractivity contribution in [2.45, 2.75) is 0 Å². The maximum atomic E-state index is 12.4. The Labute approximate surface area is 132 Å². The molecule has 2 aromatic carbocycles. The summed E-state index contributed by atoms with van der Waals surface area (Å²) in [6.45, 7) is 0. The van der Waals surface area contributed by atoms with Gasteiger partial charge in [0.2, 0.25) is 5.15 Å². The highest BCUT2D eigenvalue weighted by Gasteiger charge is 2.24. The van der Waals surface area contributed by atoms with Gasteiger partial charge in [-0.05, 0) is 23.7 Å². The minimum Gasteiger partial charge on any atom is -0.617 e.